The van der Waals surface area contributed by atoms with E-state index in [0.29, 0.717) is 27.5 Å². The van der Waals surface area contributed by atoms with Crippen LogP contribution in [-0.2, 0) is 15.3 Å². The maximum Gasteiger partial charge on any atom is 0.272 e. The number of hydrogen-bond acceptors (Lipinski definition) is 4. The summed E-state index contributed by atoms with van der Waals surface area (Å²) in [5.41, 5.74) is 3.83. The molecule has 0 saturated carbocycles. The lowest BCUT2D eigenvalue weighted by Crippen LogP contribution is -2.31. The molecule has 4 rings (SSSR count). The van der Waals surface area contributed by atoms with Gasteiger partial charge in [-0.2, -0.15) is 0 Å². The van der Waals surface area contributed by atoms with Crippen molar-refractivity contribution in [2.45, 2.75) is 32.6 Å². The molecule has 0 bridgehead atoms. The Morgan fingerprint density at radius 3 is 2.25 bits per heavy atom. The number of ether oxygens (including phenoxy) is 1. The Hall–Kier alpha value is -3.31. The molecule has 0 aliphatic carbocycles. The summed E-state index contributed by atoms with van der Waals surface area (Å²) in [6.07, 6.45) is 0.0588. The average Bonchev–Trinajstić information content (AvgIpc) is 3.02. The standard InChI is InChI=1S/C27H25NO3S/c1-18(2)31-23-14-12-21(13-15-23)24-25(32-17-20-9-5-4-6-10-20)27(30)28(26(24)29)22-11-7-8-19(3)16-22/h4-16,18H,17H2,1-3H3. The van der Waals surface area contributed by atoms with Crippen LogP contribution in [0.3, 0.4) is 0 Å². The van der Waals surface area contributed by atoms with Crippen molar-refractivity contribution >= 4 is 34.8 Å². The Balaban J connectivity index is 1.72. The molecular weight excluding hydrogens is 418 g/mol. The van der Waals surface area contributed by atoms with E-state index in [4.69, 9.17) is 4.74 Å². The molecule has 162 valence electrons. The van der Waals surface area contributed by atoms with Crippen LogP contribution in [0.2, 0.25) is 0 Å². The third-order valence-corrected chi connectivity index (χ3v) is 6.19. The van der Waals surface area contributed by atoms with Gasteiger partial charge in [0.15, 0.2) is 0 Å². The molecule has 0 unspecified atom stereocenters. The molecule has 2 amide bonds. The van der Waals surface area contributed by atoms with Gasteiger partial charge in [-0.15, -0.1) is 11.8 Å². The smallest absolute Gasteiger partial charge is 0.272 e. The Morgan fingerprint density at radius 2 is 1.59 bits per heavy atom. The average molecular weight is 444 g/mol. The first-order chi connectivity index (χ1) is 15.4. The van der Waals surface area contributed by atoms with Gasteiger partial charge in [-0.05, 0) is 61.7 Å². The van der Waals surface area contributed by atoms with E-state index in [-0.39, 0.29) is 17.9 Å². The SMILES string of the molecule is Cc1cccc(N2C(=O)C(SCc3ccccc3)=C(c3ccc(OC(C)C)cc3)C2=O)c1. The molecule has 5 heteroatoms. The van der Waals surface area contributed by atoms with Crippen molar-refractivity contribution in [1.82, 2.24) is 0 Å². The summed E-state index contributed by atoms with van der Waals surface area (Å²) >= 11 is 1.41. The number of rotatable bonds is 7. The van der Waals surface area contributed by atoms with Crippen LogP contribution >= 0.6 is 11.8 Å². The van der Waals surface area contributed by atoms with Gasteiger partial charge in [-0.1, -0.05) is 54.6 Å². The van der Waals surface area contributed by atoms with Gasteiger partial charge >= 0.3 is 0 Å². The summed E-state index contributed by atoms with van der Waals surface area (Å²) < 4.78 is 5.73. The fourth-order valence-electron chi connectivity index (χ4n) is 3.60. The number of anilines is 1. The van der Waals surface area contributed by atoms with Crippen LogP contribution in [0.25, 0.3) is 5.57 Å². The fraction of sp³-hybridized carbons (Fsp3) is 0.185. The highest BCUT2D eigenvalue weighted by Gasteiger charge is 2.40. The highest BCUT2D eigenvalue weighted by atomic mass is 32.2. The van der Waals surface area contributed by atoms with Crippen LogP contribution in [0.5, 0.6) is 5.75 Å². The molecule has 1 aliphatic rings. The van der Waals surface area contributed by atoms with Gasteiger partial charge in [0.05, 0.1) is 22.3 Å². The van der Waals surface area contributed by atoms with Gasteiger partial charge in [0.2, 0.25) is 0 Å². The van der Waals surface area contributed by atoms with Crippen molar-refractivity contribution < 1.29 is 14.3 Å². The third kappa shape index (κ3) is 4.63. The highest BCUT2D eigenvalue weighted by molar-refractivity contribution is 8.03. The molecule has 0 aromatic heterocycles. The summed E-state index contributed by atoms with van der Waals surface area (Å²) in [7, 11) is 0. The predicted octanol–water partition coefficient (Wildman–Crippen LogP) is 6.00. The van der Waals surface area contributed by atoms with E-state index in [9.17, 15) is 9.59 Å². The lowest BCUT2D eigenvalue weighted by Gasteiger charge is -2.16. The van der Waals surface area contributed by atoms with Crippen LogP contribution in [-0.4, -0.2) is 17.9 Å². The van der Waals surface area contributed by atoms with Crippen LogP contribution in [0, 0.1) is 6.92 Å². The van der Waals surface area contributed by atoms with Crippen LogP contribution in [0.1, 0.15) is 30.5 Å². The van der Waals surface area contributed by atoms with Gasteiger partial charge < -0.3 is 4.74 Å². The topological polar surface area (TPSA) is 46.6 Å². The Kier molecular flexibility index (Phi) is 6.47. The number of hydrogen-bond donors (Lipinski definition) is 0. The molecule has 0 spiro atoms. The van der Waals surface area contributed by atoms with Gasteiger partial charge in [0.1, 0.15) is 5.75 Å². The van der Waals surface area contributed by atoms with Crippen molar-refractivity contribution in [3.05, 3.63) is 100 Å². The number of carbonyl (C=O) groups is 2. The summed E-state index contributed by atoms with van der Waals surface area (Å²) in [5, 5.41) is 0. The van der Waals surface area contributed by atoms with Gasteiger partial charge in [0, 0.05) is 5.75 Å². The first-order valence-electron chi connectivity index (χ1n) is 10.6. The zero-order valence-electron chi connectivity index (χ0n) is 18.4. The number of nitrogens with zero attached hydrogens (tertiary/aromatic N) is 1. The second-order valence-electron chi connectivity index (χ2n) is 7.95. The quantitative estimate of drug-likeness (QED) is 0.420. The van der Waals surface area contributed by atoms with Crippen molar-refractivity contribution in [1.29, 1.82) is 0 Å². The van der Waals surface area contributed by atoms with E-state index >= 15 is 0 Å². The minimum Gasteiger partial charge on any atom is -0.491 e. The second kappa shape index (κ2) is 9.45. The minimum atomic E-state index is -0.298. The lowest BCUT2D eigenvalue weighted by molar-refractivity contribution is -0.119. The normalized spacial score (nSPS) is 13.9. The minimum absolute atomic E-state index is 0.0588. The van der Waals surface area contributed by atoms with E-state index < -0.39 is 0 Å². The first kappa shape index (κ1) is 21.9. The van der Waals surface area contributed by atoms with Crippen molar-refractivity contribution in [3.8, 4) is 5.75 Å². The molecule has 0 atom stereocenters. The van der Waals surface area contributed by atoms with Gasteiger partial charge in [-0.25, -0.2) is 4.90 Å². The maximum absolute atomic E-state index is 13.5. The molecule has 0 saturated heterocycles. The summed E-state index contributed by atoms with van der Waals surface area (Å²) in [4.78, 5) is 28.7. The molecular formula is C27H25NO3S. The first-order valence-corrected chi connectivity index (χ1v) is 11.6. The van der Waals surface area contributed by atoms with E-state index in [1.807, 2.05) is 93.6 Å². The molecule has 3 aromatic carbocycles. The highest BCUT2D eigenvalue weighted by Crippen LogP contribution is 2.40. The van der Waals surface area contributed by atoms with Crippen molar-refractivity contribution in [2.24, 2.45) is 0 Å². The lowest BCUT2D eigenvalue weighted by atomic mass is 10.1. The zero-order valence-corrected chi connectivity index (χ0v) is 19.2. The predicted molar refractivity (Wildman–Crippen MR) is 131 cm³/mol. The molecule has 0 radical (unpaired) electrons. The number of carbonyl (C=O) groups excluding carboxylic acids is 2. The molecule has 4 nitrogen and oxygen atoms in total. The van der Waals surface area contributed by atoms with Gasteiger partial charge in [-0.3, -0.25) is 9.59 Å². The molecule has 32 heavy (non-hydrogen) atoms. The molecule has 1 aliphatic heterocycles. The number of amides is 2. The van der Waals surface area contributed by atoms with E-state index in [1.165, 1.54) is 16.7 Å². The number of imide groups is 1. The molecule has 0 fully saturated rings. The number of aryl methyl sites for hydroxylation is 1. The van der Waals surface area contributed by atoms with Crippen molar-refractivity contribution in [2.75, 3.05) is 4.90 Å². The summed E-state index contributed by atoms with van der Waals surface area (Å²) in [5.74, 6) is 0.761. The molecule has 0 N–H and O–H groups in total. The fourth-order valence-corrected chi connectivity index (χ4v) is 4.67. The van der Waals surface area contributed by atoms with Crippen LogP contribution in [0.15, 0.2) is 83.8 Å². The maximum atomic E-state index is 13.5. The Bertz CT molecular complexity index is 1170. The number of thioether (sulfide) groups is 1. The van der Waals surface area contributed by atoms with E-state index in [2.05, 4.69) is 0 Å². The number of benzene rings is 3. The largest absolute Gasteiger partial charge is 0.491 e. The molecule has 3 aromatic rings. The van der Waals surface area contributed by atoms with Crippen molar-refractivity contribution in [3.63, 3.8) is 0 Å². The third-order valence-electron chi connectivity index (χ3n) is 5.04. The Morgan fingerprint density at radius 1 is 0.875 bits per heavy atom. The molecule has 1 heterocycles. The van der Waals surface area contributed by atoms with Crippen LogP contribution < -0.4 is 9.64 Å². The van der Waals surface area contributed by atoms with E-state index in [1.54, 1.807) is 6.07 Å². The summed E-state index contributed by atoms with van der Waals surface area (Å²) in [6.45, 7) is 5.88. The van der Waals surface area contributed by atoms with Crippen LogP contribution in [0.4, 0.5) is 5.69 Å². The second-order valence-corrected chi connectivity index (χ2v) is 8.94. The van der Waals surface area contributed by atoms with Gasteiger partial charge in [0.25, 0.3) is 11.8 Å². The monoisotopic (exact) mass is 443 g/mol. The summed E-state index contributed by atoms with van der Waals surface area (Å²) in [6, 6.07) is 24.8. The van der Waals surface area contributed by atoms with E-state index in [0.717, 1.165) is 16.9 Å². The zero-order chi connectivity index (χ0) is 22.7. The Labute approximate surface area is 192 Å².